The Labute approximate surface area is 159 Å². The minimum absolute atomic E-state index is 0. The summed E-state index contributed by atoms with van der Waals surface area (Å²) in [7, 11) is 0. The number of allylic oxidation sites excluding steroid dienone is 7. The van der Waals surface area contributed by atoms with E-state index in [2.05, 4.69) is 15.0 Å². The van der Waals surface area contributed by atoms with Crippen molar-refractivity contribution < 1.29 is 4.74 Å². The van der Waals surface area contributed by atoms with Gasteiger partial charge in [-0.05, 0) is 24.3 Å². The summed E-state index contributed by atoms with van der Waals surface area (Å²) in [4.78, 5) is 14.3. The first-order valence-electron chi connectivity index (χ1n) is 6.84. The van der Waals surface area contributed by atoms with Crippen molar-refractivity contribution in [3.05, 3.63) is 72.8 Å². The van der Waals surface area contributed by atoms with E-state index in [4.69, 9.17) is 10.00 Å². The molecule has 25 heavy (non-hydrogen) atoms. The van der Waals surface area contributed by atoms with Gasteiger partial charge in [0.1, 0.15) is 19.0 Å². The van der Waals surface area contributed by atoms with Crippen LogP contribution in [0.5, 0.6) is 0 Å². The highest BCUT2D eigenvalue weighted by molar-refractivity contribution is 6.16. The maximum Gasteiger partial charge on any atom is 0.114 e. The summed E-state index contributed by atoms with van der Waals surface area (Å²) in [5.74, 6) is 0. The van der Waals surface area contributed by atoms with E-state index in [-0.39, 0.29) is 24.8 Å². The molecule has 0 amide bonds. The van der Waals surface area contributed by atoms with Gasteiger partial charge in [0, 0.05) is 31.0 Å². The van der Waals surface area contributed by atoms with Gasteiger partial charge in [-0.3, -0.25) is 15.0 Å². The van der Waals surface area contributed by atoms with E-state index < -0.39 is 0 Å². The van der Waals surface area contributed by atoms with Crippen molar-refractivity contribution in [1.29, 1.82) is 5.26 Å². The van der Waals surface area contributed by atoms with E-state index in [1.54, 1.807) is 55.3 Å². The molecule has 130 valence electrons. The van der Waals surface area contributed by atoms with Crippen LogP contribution < -0.4 is 0 Å². The molecule has 0 atom stereocenters. The third-order valence-electron chi connectivity index (χ3n) is 2.65. The zero-order valence-corrected chi connectivity index (χ0v) is 14.8. The smallest absolute Gasteiger partial charge is 0.114 e. The maximum atomic E-state index is 9.01. The van der Waals surface area contributed by atoms with Gasteiger partial charge in [-0.1, -0.05) is 6.08 Å². The Kier molecular flexibility index (Phi) is 12.0. The topological polar surface area (TPSA) is 73.3 Å². The van der Waals surface area contributed by atoms with E-state index in [0.717, 1.165) is 5.70 Å². The van der Waals surface area contributed by atoms with E-state index >= 15 is 0 Å². The molecular formula is C17H17Cl2N5O. The molecule has 0 saturated heterocycles. The predicted octanol–water partition coefficient (Wildman–Crippen LogP) is 3.69. The lowest BCUT2D eigenvalue weighted by Gasteiger charge is -2.10. The van der Waals surface area contributed by atoms with Crippen LogP contribution in [0, 0.1) is 11.3 Å². The fraction of sp³-hybridized carbons (Fsp3) is 0.0588. The van der Waals surface area contributed by atoms with Gasteiger partial charge in [0.05, 0.1) is 23.7 Å². The van der Waals surface area contributed by atoms with Crippen molar-refractivity contribution in [2.75, 3.05) is 6.67 Å². The number of ether oxygens (including phenoxy) is 1. The quantitative estimate of drug-likeness (QED) is 0.645. The average Bonchev–Trinajstić information content (AvgIpc) is 3.01. The summed E-state index contributed by atoms with van der Waals surface area (Å²) in [6.07, 6.45) is 21.5. The summed E-state index contributed by atoms with van der Waals surface area (Å²) in [6, 6.07) is 2.04. The van der Waals surface area contributed by atoms with Crippen molar-refractivity contribution in [3.63, 3.8) is 0 Å². The predicted molar refractivity (Wildman–Crippen MR) is 106 cm³/mol. The highest BCUT2D eigenvalue weighted by atomic mass is 35.5. The van der Waals surface area contributed by atoms with Crippen molar-refractivity contribution in [2.45, 2.75) is 0 Å². The van der Waals surface area contributed by atoms with Gasteiger partial charge >= 0.3 is 0 Å². The molecule has 2 rings (SSSR count). The van der Waals surface area contributed by atoms with Crippen molar-refractivity contribution in [1.82, 2.24) is 4.90 Å². The molecule has 0 bridgehead atoms. The second-order valence-corrected chi connectivity index (χ2v) is 4.26. The number of aliphatic imine (C=N–C) groups is 3. The molecule has 0 aromatic rings. The van der Waals surface area contributed by atoms with Gasteiger partial charge < -0.3 is 9.64 Å². The molecule has 2 aliphatic rings. The minimum atomic E-state index is 0. The Hall–Kier alpha value is -2.88. The van der Waals surface area contributed by atoms with Crippen LogP contribution in [0.2, 0.25) is 0 Å². The molecule has 0 spiro atoms. The molecular weight excluding hydrogens is 361 g/mol. The summed E-state index contributed by atoms with van der Waals surface area (Å²) >= 11 is 0. The molecule has 0 aliphatic carbocycles. The lowest BCUT2D eigenvalue weighted by atomic mass is 10.3. The van der Waals surface area contributed by atoms with Gasteiger partial charge in [-0.15, -0.1) is 24.8 Å². The molecule has 0 saturated carbocycles. The van der Waals surface area contributed by atoms with Crippen LogP contribution in [0.4, 0.5) is 0 Å². The van der Waals surface area contributed by atoms with E-state index in [1.807, 2.05) is 23.2 Å². The van der Waals surface area contributed by atoms with Crippen LogP contribution in [0.15, 0.2) is 87.8 Å². The molecule has 2 aliphatic heterocycles. The van der Waals surface area contributed by atoms with E-state index in [9.17, 15) is 0 Å². The zero-order chi connectivity index (χ0) is 16.2. The molecule has 0 N–H and O–H groups in total. The number of nitrogens with zero attached hydrogens (tertiary/aromatic N) is 5. The third-order valence-corrected chi connectivity index (χ3v) is 2.65. The van der Waals surface area contributed by atoms with Crippen LogP contribution in [-0.4, -0.2) is 30.2 Å². The van der Waals surface area contributed by atoms with E-state index in [1.165, 1.54) is 12.5 Å². The summed E-state index contributed by atoms with van der Waals surface area (Å²) in [5, 5.41) is 9.01. The zero-order valence-electron chi connectivity index (χ0n) is 13.2. The highest BCUT2D eigenvalue weighted by Gasteiger charge is 2.08. The Morgan fingerprint density at radius 1 is 1.08 bits per heavy atom. The molecule has 6 nitrogen and oxygen atoms in total. The van der Waals surface area contributed by atoms with Gasteiger partial charge in [0.15, 0.2) is 0 Å². The second kappa shape index (κ2) is 13.5. The minimum Gasteiger partial charge on any atom is -0.471 e. The lowest BCUT2D eigenvalue weighted by molar-refractivity contribution is 0.401. The molecule has 8 heteroatoms. The van der Waals surface area contributed by atoms with Crippen LogP contribution in [0.1, 0.15) is 0 Å². The van der Waals surface area contributed by atoms with Crippen molar-refractivity contribution >= 4 is 43.5 Å². The van der Waals surface area contributed by atoms with Gasteiger partial charge in [0.25, 0.3) is 0 Å². The van der Waals surface area contributed by atoms with Crippen LogP contribution >= 0.6 is 24.8 Å². The Morgan fingerprint density at radius 2 is 1.92 bits per heavy atom. The number of halogens is 2. The summed E-state index contributed by atoms with van der Waals surface area (Å²) in [6.45, 7) is 0.539. The molecule has 2 heterocycles. The first kappa shape index (κ1) is 22.1. The lowest BCUT2D eigenvalue weighted by Crippen LogP contribution is -2.10. The fourth-order valence-corrected chi connectivity index (χ4v) is 1.58. The Morgan fingerprint density at radius 3 is 2.76 bits per heavy atom. The first-order valence-corrected chi connectivity index (χ1v) is 6.84. The SMILES string of the molecule is Cl.Cl.N#CC1=C/O/C=C\C=C/N=CC=N/C=C2/C=NCN2\C=C/C=C\1. The Bertz CT molecular complexity index is 722. The average molecular weight is 378 g/mol. The number of hydrogen-bond acceptors (Lipinski definition) is 6. The molecule has 0 fully saturated rings. The maximum absolute atomic E-state index is 9.01. The van der Waals surface area contributed by atoms with Crippen LogP contribution in [0.25, 0.3) is 0 Å². The van der Waals surface area contributed by atoms with Crippen LogP contribution in [-0.2, 0) is 4.74 Å². The van der Waals surface area contributed by atoms with Crippen molar-refractivity contribution in [2.24, 2.45) is 15.0 Å². The van der Waals surface area contributed by atoms with Gasteiger partial charge in [-0.2, -0.15) is 5.26 Å². The number of rotatable bonds is 0. The van der Waals surface area contributed by atoms with Gasteiger partial charge in [0.2, 0.25) is 0 Å². The molecule has 0 aromatic carbocycles. The highest BCUT2D eigenvalue weighted by Crippen LogP contribution is 2.09. The standard InChI is InChI=1S/C17H15N5O.2ClH/c18-11-16-5-1-3-9-22-15-21-13-17(22)12-20-8-7-19-6-2-4-10-23-14-16;;/h1-10,12-14H,15H2;2*1H/b5-1-,6-2-,9-3-,10-4-,16-14+,17-12-,19-7?,20-8?;;. The molecule has 0 unspecified atom stereocenters. The van der Waals surface area contributed by atoms with Crippen molar-refractivity contribution in [3.8, 4) is 6.07 Å². The summed E-state index contributed by atoms with van der Waals surface area (Å²) in [5.41, 5.74) is 1.28. The second-order valence-electron chi connectivity index (χ2n) is 4.26. The summed E-state index contributed by atoms with van der Waals surface area (Å²) < 4.78 is 5.14. The number of nitriles is 1. The van der Waals surface area contributed by atoms with Gasteiger partial charge in [-0.25, -0.2) is 0 Å². The Balaban J connectivity index is 0.00000288. The third kappa shape index (κ3) is 8.51. The number of hydrogen-bond donors (Lipinski definition) is 0. The first-order chi connectivity index (χ1) is 11.4. The van der Waals surface area contributed by atoms with Crippen LogP contribution in [0.3, 0.4) is 0 Å². The largest absolute Gasteiger partial charge is 0.471 e. The molecule has 0 aromatic heterocycles. The fourth-order valence-electron chi connectivity index (χ4n) is 1.58. The molecule has 0 radical (unpaired) electrons. The number of fused-ring (bicyclic) bond motifs is 1. The van der Waals surface area contributed by atoms with E-state index in [0.29, 0.717) is 12.2 Å². The normalized spacial score (nSPS) is 25.6. The monoisotopic (exact) mass is 377 g/mol.